The fourth-order valence-corrected chi connectivity index (χ4v) is 2.89. The van der Waals surface area contributed by atoms with Gasteiger partial charge in [-0.15, -0.1) is 0 Å². The number of piperidine rings is 1. The molecule has 19 heavy (non-hydrogen) atoms. The molecule has 0 radical (unpaired) electrons. The molecule has 1 aromatic rings. The predicted molar refractivity (Wildman–Crippen MR) is 82.7 cm³/mol. The Kier molecular flexibility index (Phi) is 5.23. The average molecular weight is 261 g/mol. The summed E-state index contributed by atoms with van der Waals surface area (Å²) in [5.74, 6) is 0. The molecule has 1 aromatic carbocycles. The van der Waals surface area contributed by atoms with Gasteiger partial charge in [0.15, 0.2) is 0 Å². The Bertz CT molecular complexity index is 366. The summed E-state index contributed by atoms with van der Waals surface area (Å²) in [7, 11) is 4.22. The largest absolute Gasteiger partial charge is 0.372 e. The molecule has 0 bridgehead atoms. The summed E-state index contributed by atoms with van der Waals surface area (Å²) in [6.07, 6.45) is 2.56. The molecule has 1 heterocycles. The first-order valence-electron chi connectivity index (χ1n) is 7.43. The third-order valence-corrected chi connectivity index (χ3v) is 4.28. The first-order valence-corrected chi connectivity index (χ1v) is 7.43. The van der Waals surface area contributed by atoms with Gasteiger partial charge in [0.05, 0.1) is 0 Å². The molecule has 0 amide bonds. The minimum Gasteiger partial charge on any atom is -0.372 e. The highest BCUT2D eigenvalue weighted by atomic mass is 15.2. The van der Waals surface area contributed by atoms with Crippen LogP contribution in [0, 0.1) is 0 Å². The van der Waals surface area contributed by atoms with Crippen molar-refractivity contribution in [2.24, 2.45) is 0 Å². The van der Waals surface area contributed by atoms with Gasteiger partial charge in [-0.05, 0) is 44.1 Å². The number of likely N-dealkylation sites (tertiary alicyclic amines) is 1. The Hall–Kier alpha value is -1.06. The van der Waals surface area contributed by atoms with Crippen molar-refractivity contribution in [3.63, 3.8) is 0 Å². The Morgan fingerprint density at radius 2 is 1.84 bits per heavy atom. The Balaban J connectivity index is 1.94. The van der Waals surface area contributed by atoms with Gasteiger partial charge in [0, 0.05) is 38.4 Å². The summed E-state index contributed by atoms with van der Waals surface area (Å²) >= 11 is 0. The lowest BCUT2D eigenvalue weighted by molar-refractivity contribution is 0.221. The predicted octanol–water partition coefficient (Wildman–Crippen LogP) is 2.33. The van der Waals surface area contributed by atoms with Crippen LogP contribution in [0.25, 0.3) is 0 Å². The van der Waals surface area contributed by atoms with Crippen LogP contribution in [0.1, 0.15) is 25.3 Å². The molecule has 0 spiro atoms. The number of benzene rings is 1. The number of nitrogens with one attached hydrogen (secondary N) is 1. The maximum atomic E-state index is 3.19. The summed E-state index contributed by atoms with van der Waals surface area (Å²) in [5, 5.41) is 3.19. The zero-order valence-corrected chi connectivity index (χ0v) is 12.5. The fourth-order valence-electron chi connectivity index (χ4n) is 2.89. The highest BCUT2D eigenvalue weighted by molar-refractivity contribution is 5.48. The Morgan fingerprint density at radius 1 is 1.21 bits per heavy atom. The lowest BCUT2D eigenvalue weighted by atomic mass is 10.0. The van der Waals surface area contributed by atoms with E-state index < -0.39 is 0 Å². The molecule has 0 unspecified atom stereocenters. The van der Waals surface area contributed by atoms with Crippen molar-refractivity contribution in [1.29, 1.82) is 0 Å². The second-order valence-corrected chi connectivity index (χ2v) is 5.47. The Labute approximate surface area is 117 Å². The van der Waals surface area contributed by atoms with Gasteiger partial charge in [-0.3, -0.25) is 0 Å². The van der Waals surface area contributed by atoms with Crippen LogP contribution in [-0.2, 0) is 6.54 Å². The first kappa shape index (κ1) is 14.4. The van der Waals surface area contributed by atoms with Crippen molar-refractivity contribution >= 4 is 5.69 Å². The maximum Gasteiger partial charge on any atom is 0.0366 e. The van der Waals surface area contributed by atoms with Gasteiger partial charge in [0.2, 0.25) is 0 Å². The molecule has 1 fully saturated rings. The van der Waals surface area contributed by atoms with E-state index in [1.165, 1.54) is 43.7 Å². The maximum absolute atomic E-state index is 3.19. The molecule has 0 saturated carbocycles. The van der Waals surface area contributed by atoms with Gasteiger partial charge in [-0.2, -0.15) is 0 Å². The van der Waals surface area contributed by atoms with E-state index in [-0.39, 0.29) is 0 Å². The molecule has 1 aliphatic heterocycles. The van der Waals surface area contributed by atoms with E-state index in [2.05, 4.69) is 53.4 Å². The summed E-state index contributed by atoms with van der Waals surface area (Å²) < 4.78 is 0. The molecule has 2 rings (SSSR count). The van der Waals surface area contributed by atoms with Gasteiger partial charge in [-0.1, -0.05) is 19.1 Å². The summed E-state index contributed by atoms with van der Waals surface area (Å²) in [5.41, 5.74) is 2.69. The van der Waals surface area contributed by atoms with Crippen molar-refractivity contribution in [3.8, 4) is 0 Å². The molecular formula is C16H27N3. The highest BCUT2D eigenvalue weighted by Crippen LogP contribution is 2.22. The minimum atomic E-state index is 0.693. The second-order valence-electron chi connectivity index (χ2n) is 5.47. The summed E-state index contributed by atoms with van der Waals surface area (Å²) in [6, 6.07) is 9.64. The lowest BCUT2D eigenvalue weighted by Gasteiger charge is -2.37. The van der Waals surface area contributed by atoms with Crippen LogP contribution in [0.2, 0.25) is 0 Å². The number of rotatable bonds is 5. The molecular weight excluding hydrogens is 234 g/mol. The SMILES string of the molecule is CCN1CCC(N(C)c2ccc(CNC)cc2)CC1. The standard InChI is InChI=1S/C16H27N3/c1-4-19-11-9-16(10-12-19)18(3)15-7-5-14(6-8-15)13-17-2/h5-8,16-17H,4,9-13H2,1-3H3. The number of anilines is 1. The van der Waals surface area contributed by atoms with Crippen molar-refractivity contribution in [3.05, 3.63) is 29.8 Å². The first-order chi connectivity index (χ1) is 9.24. The van der Waals surface area contributed by atoms with Crippen LogP contribution in [0.3, 0.4) is 0 Å². The molecule has 0 atom stereocenters. The fraction of sp³-hybridized carbons (Fsp3) is 0.625. The molecule has 1 saturated heterocycles. The third-order valence-electron chi connectivity index (χ3n) is 4.28. The molecule has 0 aliphatic carbocycles. The number of nitrogens with zero attached hydrogens (tertiary/aromatic N) is 2. The molecule has 1 N–H and O–H groups in total. The molecule has 106 valence electrons. The van der Waals surface area contributed by atoms with Crippen molar-refractivity contribution in [2.75, 3.05) is 38.6 Å². The van der Waals surface area contributed by atoms with E-state index in [1.807, 2.05) is 7.05 Å². The normalized spacial score (nSPS) is 17.6. The van der Waals surface area contributed by atoms with E-state index in [0.29, 0.717) is 6.04 Å². The zero-order valence-electron chi connectivity index (χ0n) is 12.5. The molecule has 0 aromatic heterocycles. The smallest absolute Gasteiger partial charge is 0.0366 e. The minimum absolute atomic E-state index is 0.693. The van der Waals surface area contributed by atoms with Crippen molar-refractivity contribution < 1.29 is 0 Å². The van der Waals surface area contributed by atoms with Crippen LogP contribution in [0.15, 0.2) is 24.3 Å². The van der Waals surface area contributed by atoms with Crippen LogP contribution in [-0.4, -0.2) is 44.7 Å². The zero-order chi connectivity index (χ0) is 13.7. The second kappa shape index (κ2) is 6.92. The number of hydrogen-bond acceptors (Lipinski definition) is 3. The van der Waals surface area contributed by atoms with Crippen LogP contribution in [0.5, 0.6) is 0 Å². The number of hydrogen-bond donors (Lipinski definition) is 1. The van der Waals surface area contributed by atoms with Crippen LogP contribution in [0.4, 0.5) is 5.69 Å². The van der Waals surface area contributed by atoms with E-state index in [4.69, 9.17) is 0 Å². The average Bonchev–Trinajstić information content (AvgIpc) is 2.48. The van der Waals surface area contributed by atoms with Gasteiger partial charge < -0.3 is 15.1 Å². The van der Waals surface area contributed by atoms with E-state index in [9.17, 15) is 0 Å². The molecule has 3 nitrogen and oxygen atoms in total. The highest BCUT2D eigenvalue weighted by Gasteiger charge is 2.21. The van der Waals surface area contributed by atoms with Gasteiger partial charge in [-0.25, -0.2) is 0 Å². The van der Waals surface area contributed by atoms with Gasteiger partial charge in [0.1, 0.15) is 0 Å². The monoisotopic (exact) mass is 261 g/mol. The lowest BCUT2D eigenvalue weighted by Crippen LogP contribution is -2.43. The van der Waals surface area contributed by atoms with Crippen LogP contribution >= 0.6 is 0 Å². The summed E-state index contributed by atoms with van der Waals surface area (Å²) in [4.78, 5) is 5.00. The molecule has 1 aliphatic rings. The topological polar surface area (TPSA) is 18.5 Å². The van der Waals surface area contributed by atoms with E-state index in [0.717, 1.165) is 6.54 Å². The molecule has 3 heteroatoms. The third kappa shape index (κ3) is 3.71. The quantitative estimate of drug-likeness (QED) is 0.877. The van der Waals surface area contributed by atoms with Crippen LogP contribution < -0.4 is 10.2 Å². The van der Waals surface area contributed by atoms with Gasteiger partial charge >= 0.3 is 0 Å². The van der Waals surface area contributed by atoms with E-state index in [1.54, 1.807) is 0 Å². The van der Waals surface area contributed by atoms with Gasteiger partial charge in [0.25, 0.3) is 0 Å². The Morgan fingerprint density at radius 3 is 2.37 bits per heavy atom. The summed E-state index contributed by atoms with van der Waals surface area (Å²) in [6.45, 7) is 6.87. The van der Waals surface area contributed by atoms with Crippen molar-refractivity contribution in [1.82, 2.24) is 10.2 Å². The van der Waals surface area contributed by atoms with E-state index >= 15 is 0 Å². The van der Waals surface area contributed by atoms with Crippen molar-refractivity contribution in [2.45, 2.75) is 32.4 Å².